The van der Waals surface area contributed by atoms with Crippen molar-refractivity contribution in [3.63, 3.8) is 0 Å². The minimum Gasteiger partial charge on any atom is -0.455 e. The molecule has 0 heterocycles. The number of ether oxygens (including phenoxy) is 1. The van der Waals surface area contributed by atoms with Gasteiger partial charge in [-0.25, -0.2) is 4.79 Å². The molecule has 0 spiro atoms. The number of benzene rings is 1. The molecule has 1 aromatic rings. The van der Waals surface area contributed by atoms with Gasteiger partial charge in [0.25, 0.3) is 0 Å². The Bertz CT molecular complexity index is 656. The SMILES string of the molecule is O=C(CC12CC3CC(CC(C3)C1)C2)C(=O)C(=O)OCc1ccccc1. The molecule has 4 nitrogen and oxygen atoms in total. The largest absolute Gasteiger partial charge is 0.455 e. The monoisotopic (exact) mass is 340 g/mol. The van der Waals surface area contributed by atoms with Crippen molar-refractivity contribution in [2.45, 2.75) is 51.6 Å². The topological polar surface area (TPSA) is 60.4 Å². The molecule has 5 rings (SSSR count). The number of hydrogen-bond acceptors (Lipinski definition) is 4. The summed E-state index contributed by atoms with van der Waals surface area (Å²) in [6, 6.07) is 9.17. The molecule has 4 saturated carbocycles. The van der Waals surface area contributed by atoms with E-state index in [-0.39, 0.29) is 18.4 Å². The van der Waals surface area contributed by atoms with E-state index >= 15 is 0 Å². The van der Waals surface area contributed by atoms with Crippen molar-refractivity contribution in [3.05, 3.63) is 35.9 Å². The maximum atomic E-state index is 12.4. The standard InChI is InChI=1S/C21H24O4/c22-18(19(23)20(24)25-13-14-4-2-1-3-5-14)12-21-9-15-6-16(10-21)8-17(7-15)11-21/h1-5,15-17H,6-13H2. The summed E-state index contributed by atoms with van der Waals surface area (Å²) in [4.78, 5) is 36.5. The van der Waals surface area contributed by atoms with Gasteiger partial charge in [0.05, 0.1) is 0 Å². The highest BCUT2D eigenvalue weighted by Gasteiger charge is 2.52. The molecule has 0 amide bonds. The van der Waals surface area contributed by atoms with Gasteiger partial charge >= 0.3 is 11.8 Å². The van der Waals surface area contributed by atoms with E-state index < -0.39 is 17.5 Å². The Morgan fingerprint density at radius 3 is 2.04 bits per heavy atom. The van der Waals surface area contributed by atoms with Crippen LogP contribution < -0.4 is 0 Å². The van der Waals surface area contributed by atoms with Crippen molar-refractivity contribution < 1.29 is 19.1 Å². The van der Waals surface area contributed by atoms with Gasteiger partial charge in [-0.3, -0.25) is 9.59 Å². The maximum absolute atomic E-state index is 12.4. The highest BCUT2D eigenvalue weighted by atomic mass is 16.5. The molecular formula is C21H24O4. The summed E-state index contributed by atoms with van der Waals surface area (Å²) in [5.41, 5.74) is 0.776. The van der Waals surface area contributed by atoms with E-state index in [0.29, 0.717) is 0 Å². The van der Waals surface area contributed by atoms with Gasteiger partial charge in [0.15, 0.2) is 0 Å². The Kier molecular flexibility index (Phi) is 4.22. The van der Waals surface area contributed by atoms with Crippen LogP contribution >= 0.6 is 0 Å². The summed E-state index contributed by atoms with van der Waals surface area (Å²) in [7, 11) is 0. The second kappa shape index (κ2) is 6.40. The molecule has 4 bridgehead atoms. The molecule has 4 aliphatic rings. The van der Waals surface area contributed by atoms with E-state index in [1.54, 1.807) is 0 Å². The van der Waals surface area contributed by atoms with Crippen molar-refractivity contribution in [2.75, 3.05) is 0 Å². The minimum absolute atomic E-state index is 0.0239. The zero-order chi connectivity index (χ0) is 17.4. The molecular weight excluding hydrogens is 316 g/mol. The van der Waals surface area contributed by atoms with Crippen molar-refractivity contribution in [1.29, 1.82) is 0 Å². The Morgan fingerprint density at radius 1 is 0.920 bits per heavy atom. The summed E-state index contributed by atoms with van der Waals surface area (Å²) < 4.78 is 5.02. The van der Waals surface area contributed by atoms with Gasteiger partial charge in [-0.15, -0.1) is 0 Å². The van der Waals surface area contributed by atoms with Crippen LogP contribution in [0.4, 0.5) is 0 Å². The smallest absolute Gasteiger partial charge is 0.383 e. The summed E-state index contributed by atoms with van der Waals surface area (Å²) in [6.07, 6.45) is 7.27. The first kappa shape index (κ1) is 16.5. The number of Topliss-reactive ketones (excluding diaryl/α,β-unsaturated/α-hetero) is 2. The van der Waals surface area contributed by atoms with Gasteiger partial charge in [-0.1, -0.05) is 30.3 Å². The third-order valence-corrected chi connectivity index (χ3v) is 6.35. The highest BCUT2D eigenvalue weighted by molar-refractivity contribution is 6.62. The second-order valence-electron chi connectivity index (χ2n) is 8.41. The Morgan fingerprint density at radius 2 is 1.48 bits per heavy atom. The first-order valence-electron chi connectivity index (χ1n) is 9.31. The molecule has 25 heavy (non-hydrogen) atoms. The van der Waals surface area contributed by atoms with E-state index in [4.69, 9.17) is 4.74 Å². The van der Waals surface area contributed by atoms with E-state index in [0.717, 1.165) is 42.6 Å². The van der Waals surface area contributed by atoms with Crippen LogP contribution in [-0.2, 0) is 25.7 Å². The summed E-state index contributed by atoms with van der Waals surface area (Å²) in [5, 5.41) is 0. The second-order valence-corrected chi connectivity index (χ2v) is 8.41. The normalized spacial score (nSPS) is 32.4. The lowest BCUT2D eigenvalue weighted by molar-refractivity contribution is -0.159. The average Bonchev–Trinajstić information content (AvgIpc) is 2.58. The summed E-state index contributed by atoms with van der Waals surface area (Å²) in [6.45, 7) is 0.0239. The van der Waals surface area contributed by atoms with Crippen LogP contribution in [0.15, 0.2) is 30.3 Å². The molecule has 4 fully saturated rings. The summed E-state index contributed by atoms with van der Waals surface area (Å²) in [5.74, 6) is -0.386. The van der Waals surface area contributed by atoms with Gasteiger partial charge in [-0.05, 0) is 67.3 Å². The molecule has 0 saturated heterocycles. The fourth-order valence-corrected chi connectivity index (χ4v) is 5.83. The first-order valence-corrected chi connectivity index (χ1v) is 9.31. The van der Waals surface area contributed by atoms with Gasteiger partial charge in [-0.2, -0.15) is 0 Å². The molecule has 0 aliphatic heterocycles. The molecule has 0 N–H and O–H groups in total. The van der Waals surface area contributed by atoms with Crippen LogP contribution in [0.3, 0.4) is 0 Å². The van der Waals surface area contributed by atoms with Crippen LogP contribution in [0.1, 0.15) is 50.5 Å². The van der Waals surface area contributed by atoms with Crippen LogP contribution in [-0.4, -0.2) is 17.5 Å². The molecule has 0 aromatic heterocycles. The van der Waals surface area contributed by atoms with Crippen molar-refractivity contribution in [3.8, 4) is 0 Å². The maximum Gasteiger partial charge on any atom is 0.383 e. The first-order chi connectivity index (χ1) is 12.0. The van der Waals surface area contributed by atoms with Crippen LogP contribution in [0, 0.1) is 23.2 Å². The number of carbonyl (C=O) groups excluding carboxylic acids is 3. The van der Waals surface area contributed by atoms with Crippen LogP contribution in [0.25, 0.3) is 0 Å². The average molecular weight is 340 g/mol. The van der Waals surface area contributed by atoms with E-state index in [9.17, 15) is 14.4 Å². The minimum atomic E-state index is -1.02. The molecule has 1 aromatic carbocycles. The zero-order valence-corrected chi connectivity index (χ0v) is 14.4. The predicted octanol–water partition coefficient (Wildman–Crippen LogP) is 3.47. The lowest BCUT2D eigenvalue weighted by Crippen LogP contribution is -2.47. The quantitative estimate of drug-likeness (QED) is 0.452. The van der Waals surface area contributed by atoms with E-state index in [1.165, 1.54) is 19.3 Å². The Hall–Kier alpha value is -1.97. The van der Waals surface area contributed by atoms with E-state index in [1.807, 2.05) is 30.3 Å². The molecule has 0 radical (unpaired) electrons. The number of esters is 1. The third-order valence-electron chi connectivity index (χ3n) is 6.35. The number of rotatable bonds is 6. The molecule has 132 valence electrons. The van der Waals surface area contributed by atoms with Gasteiger partial charge in [0.2, 0.25) is 5.78 Å². The predicted molar refractivity (Wildman–Crippen MR) is 91.5 cm³/mol. The highest BCUT2D eigenvalue weighted by Crippen LogP contribution is 2.61. The van der Waals surface area contributed by atoms with Crippen molar-refractivity contribution in [2.24, 2.45) is 23.2 Å². The van der Waals surface area contributed by atoms with Crippen LogP contribution in [0.5, 0.6) is 0 Å². The van der Waals surface area contributed by atoms with E-state index in [2.05, 4.69) is 0 Å². The number of hydrogen-bond donors (Lipinski definition) is 0. The fourth-order valence-electron chi connectivity index (χ4n) is 5.83. The number of carbonyl (C=O) groups is 3. The fraction of sp³-hybridized carbons (Fsp3) is 0.571. The third kappa shape index (κ3) is 3.39. The zero-order valence-electron chi connectivity index (χ0n) is 14.4. The molecule has 4 aliphatic carbocycles. The lowest BCUT2D eigenvalue weighted by Gasteiger charge is -2.56. The lowest BCUT2D eigenvalue weighted by atomic mass is 9.48. The van der Waals surface area contributed by atoms with Crippen molar-refractivity contribution >= 4 is 17.5 Å². The molecule has 4 heteroatoms. The van der Waals surface area contributed by atoms with Crippen LogP contribution in [0.2, 0.25) is 0 Å². The van der Waals surface area contributed by atoms with Gasteiger partial charge in [0.1, 0.15) is 6.61 Å². The Labute approximate surface area is 147 Å². The molecule has 0 unspecified atom stereocenters. The Balaban J connectivity index is 1.34. The molecule has 0 atom stereocenters. The van der Waals surface area contributed by atoms with Gasteiger partial charge in [0, 0.05) is 6.42 Å². The number of ketones is 2. The van der Waals surface area contributed by atoms with Crippen molar-refractivity contribution in [1.82, 2.24) is 0 Å². The summed E-state index contributed by atoms with van der Waals surface area (Å²) >= 11 is 0. The van der Waals surface area contributed by atoms with Gasteiger partial charge < -0.3 is 4.74 Å².